The molecule has 2 aromatic heterocycles. The van der Waals surface area contributed by atoms with Crippen LogP contribution in [0, 0.1) is 6.92 Å². The highest BCUT2D eigenvalue weighted by molar-refractivity contribution is 5.42. The molecule has 0 atom stereocenters. The Morgan fingerprint density at radius 1 is 1.28 bits per heavy atom. The first kappa shape index (κ1) is 12.4. The van der Waals surface area contributed by atoms with Gasteiger partial charge in [0.1, 0.15) is 11.6 Å². The summed E-state index contributed by atoms with van der Waals surface area (Å²) in [7, 11) is 0. The molecule has 0 aliphatic carbocycles. The fourth-order valence-electron chi connectivity index (χ4n) is 1.57. The highest BCUT2D eigenvalue weighted by Crippen LogP contribution is 2.11. The van der Waals surface area contributed by atoms with E-state index in [-0.39, 0.29) is 0 Å². The summed E-state index contributed by atoms with van der Waals surface area (Å²) in [6.45, 7) is 5.58. The Labute approximate surface area is 107 Å². The number of rotatable bonds is 6. The van der Waals surface area contributed by atoms with E-state index in [0.29, 0.717) is 12.5 Å². The molecular weight excluding hydrogens is 228 g/mol. The average molecular weight is 246 g/mol. The van der Waals surface area contributed by atoms with E-state index in [1.807, 2.05) is 25.1 Å². The Morgan fingerprint density at radius 3 is 2.89 bits per heavy atom. The van der Waals surface area contributed by atoms with Gasteiger partial charge in [-0.15, -0.1) is 0 Å². The van der Waals surface area contributed by atoms with Crippen LogP contribution in [0.3, 0.4) is 0 Å². The van der Waals surface area contributed by atoms with Crippen LogP contribution < -0.4 is 10.6 Å². The van der Waals surface area contributed by atoms with Gasteiger partial charge in [-0.3, -0.25) is 0 Å². The lowest BCUT2D eigenvalue weighted by Crippen LogP contribution is -2.08. The first-order valence-corrected chi connectivity index (χ1v) is 6.13. The molecule has 0 aliphatic heterocycles. The molecule has 2 rings (SSSR count). The quantitative estimate of drug-likeness (QED) is 0.820. The molecule has 0 aliphatic rings. The molecule has 0 bridgehead atoms. The van der Waals surface area contributed by atoms with Crippen molar-refractivity contribution < 1.29 is 4.42 Å². The summed E-state index contributed by atoms with van der Waals surface area (Å²) in [5.41, 5.74) is 0.936. The third-order valence-corrected chi connectivity index (χ3v) is 2.41. The number of aromatic nitrogens is 2. The second kappa shape index (κ2) is 6.05. The molecule has 0 saturated heterocycles. The molecule has 0 fully saturated rings. The van der Waals surface area contributed by atoms with Crippen LogP contribution in [0.5, 0.6) is 0 Å². The van der Waals surface area contributed by atoms with Crippen LogP contribution in [-0.2, 0) is 6.54 Å². The molecule has 18 heavy (non-hydrogen) atoms. The minimum Gasteiger partial charge on any atom is -0.467 e. The Balaban J connectivity index is 2.00. The summed E-state index contributed by atoms with van der Waals surface area (Å²) in [6, 6.07) is 5.72. The summed E-state index contributed by atoms with van der Waals surface area (Å²) >= 11 is 0. The van der Waals surface area contributed by atoms with Gasteiger partial charge in [-0.25, -0.2) is 4.98 Å². The normalized spacial score (nSPS) is 10.3. The van der Waals surface area contributed by atoms with Crippen LogP contribution in [0.15, 0.2) is 28.9 Å². The minimum absolute atomic E-state index is 0.587. The molecule has 0 saturated carbocycles. The molecule has 5 heteroatoms. The number of anilines is 2. The van der Waals surface area contributed by atoms with Gasteiger partial charge in [-0.05, 0) is 25.5 Å². The number of nitrogens with zero attached hydrogens (tertiary/aromatic N) is 2. The third-order valence-electron chi connectivity index (χ3n) is 2.41. The highest BCUT2D eigenvalue weighted by Gasteiger charge is 2.02. The van der Waals surface area contributed by atoms with Crippen molar-refractivity contribution in [3.05, 3.63) is 35.9 Å². The van der Waals surface area contributed by atoms with Gasteiger partial charge in [0.2, 0.25) is 5.95 Å². The van der Waals surface area contributed by atoms with Crippen molar-refractivity contribution in [1.82, 2.24) is 9.97 Å². The molecular formula is C13H18N4O. The van der Waals surface area contributed by atoms with Gasteiger partial charge in [0, 0.05) is 18.3 Å². The van der Waals surface area contributed by atoms with Crippen LogP contribution in [0.2, 0.25) is 0 Å². The monoisotopic (exact) mass is 246 g/mol. The van der Waals surface area contributed by atoms with Crippen molar-refractivity contribution in [2.45, 2.75) is 26.8 Å². The van der Waals surface area contributed by atoms with Crippen molar-refractivity contribution in [3.63, 3.8) is 0 Å². The summed E-state index contributed by atoms with van der Waals surface area (Å²) in [5, 5.41) is 6.40. The average Bonchev–Trinajstić information content (AvgIpc) is 2.86. The van der Waals surface area contributed by atoms with Crippen LogP contribution in [0.1, 0.15) is 24.8 Å². The molecule has 0 unspecified atom stereocenters. The van der Waals surface area contributed by atoms with E-state index in [9.17, 15) is 0 Å². The van der Waals surface area contributed by atoms with Crippen LogP contribution in [0.25, 0.3) is 0 Å². The van der Waals surface area contributed by atoms with Gasteiger partial charge in [0.15, 0.2) is 0 Å². The standard InChI is InChI=1S/C13H18N4O/c1-3-6-14-12-8-10(2)16-13(17-12)15-9-11-5-4-7-18-11/h4-5,7-8H,3,6,9H2,1-2H3,(H2,14,15,16,17). The van der Waals surface area contributed by atoms with Crippen LogP contribution in [0.4, 0.5) is 11.8 Å². The highest BCUT2D eigenvalue weighted by atomic mass is 16.3. The zero-order valence-electron chi connectivity index (χ0n) is 10.7. The molecule has 96 valence electrons. The summed E-state index contributed by atoms with van der Waals surface area (Å²) in [6.07, 6.45) is 2.72. The molecule has 2 aromatic rings. The maximum Gasteiger partial charge on any atom is 0.225 e. The van der Waals surface area contributed by atoms with E-state index in [2.05, 4.69) is 27.5 Å². The van der Waals surface area contributed by atoms with E-state index in [1.54, 1.807) is 6.26 Å². The molecule has 0 spiro atoms. The van der Waals surface area contributed by atoms with E-state index >= 15 is 0 Å². The lowest BCUT2D eigenvalue weighted by molar-refractivity contribution is 0.517. The van der Waals surface area contributed by atoms with Crippen molar-refractivity contribution in [2.75, 3.05) is 17.2 Å². The van der Waals surface area contributed by atoms with E-state index < -0.39 is 0 Å². The smallest absolute Gasteiger partial charge is 0.225 e. The van der Waals surface area contributed by atoms with Gasteiger partial charge < -0.3 is 15.1 Å². The van der Waals surface area contributed by atoms with Crippen LogP contribution in [-0.4, -0.2) is 16.5 Å². The molecule has 0 aromatic carbocycles. The van der Waals surface area contributed by atoms with Gasteiger partial charge in [-0.1, -0.05) is 6.92 Å². The van der Waals surface area contributed by atoms with Gasteiger partial charge in [-0.2, -0.15) is 4.98 Å². The lowest BCUT2D eigenvalue weighted by atomic mass is 10.4. The fourth-order valence-corrected chi connectivity index (χ4v) is 1.57. The second-order valence-electron chi connectivity index (χ2n) is 4.08. The Morgan fingerprint density at radius 2 is 2.17 bits per heavy atom. The molecule has 2 heterocycles. The van der Waals surface area contributed by atoms with Gasteiger partial charge >= 0.3 is 0 Å². The molecule has 5 nitrogen and oxygen atoms in total. The first-order chi connectivity index (χ1) is 8.78. The maximum absolute atomic E-state index is 5.25. The predicted octanol–water partition coefficient (Wildman–Crippen LogP) is 2.81. The van der Waals surface area contributed by atoms with E-state index in [4.69, 9.17) is 4.42 Å². The zero-order chi connectivity index (χ0) is 12.8. The van der Waals surface area contributed by atoms with Crippen LogP contribution >= 0.6 is 0 Å². The summed E-state index contributed by atoms with van der Waals surface area (Å²) in [4.78, 5) is 8.73. The predicted molar refractivity (Wildman–Crippen MR) is 71.6 cm³/mol. The van der Waals surface area contributed by atoms with Crippen molar-refractivity contribution in [1.29, 1.82) is 0 Å². The number of nitrogens with one attached hydrogen (secondary N) is 2. The molecule has 0 radical (unpaired) electrons. The van der Waals surface area contributed by atoms with Gasteiger partial charge in [0.05, 0.1) is 12.8 Å². The lowest BCUT2D eigenvalue weighted by Gasteiger charge is -2.08. The SMILES string of the molecule is CCCNc1cc(C)nc(NCc2ccco2)n1. The molecule has 2 N–H and O–H groups in total. The molecule has 0 amide bonds. The Kier molecular flexibility index (Phi) is 4.17. The maximum atomic E-state index is 5.25. The van der Waals surface area contributed by atoms with Crippen molar-refractivity contribution >= 4 is 11.8 Å². The topological polar surface area (TPSA) is 63.0 Å². The van der Waals surface area contributed by atoms with Gasteiger partial charge in [0.25, 0.3) is 0 Å². The van der Waals surface area contributed by atoms with Crippen molar-refractivity contribution in [2.24, 2.45) is 0 Å². The largest absolute Gasteiger partial charge is 0.467 e. The Hall–Kier alpha value is -2.04. The van der Waals surface area contributed by atoms with E-state index in [1.165, 1.54) is 0 Å². The zero-order valence-corrected chi connectivity index (χ0v) is 10.7. The first-order valence-electron chi connectivity index (χ1n) is 6.13. The number of aryl methyl sites for hydroxylation is 1. The number of hydrogen-bond acceptors (Lipinski definition) is 5. The fraction of sp³-hybridized carbons (Fsp3) is 0.385. The number of hydrogen-bond donors (Lipinski definition) is 2. The second-order valence-corrected chi connectivity index (χ2v) is 4.08. The third kappa shape index (κ3) is 3.48. The van der Waals surface area contributed by atoms with Crippen molar-refractivity contribution in [3.8, 4) is 0 Å². The minimum atomic E-state index is 0.587. The summed E-state index contributed by atoms with van der Waals surface area (Å²) < 4.78 is 5.25. The van der Waals surface area contributed by atoms with E-state index in [0.717, 1.165) is 30.2 Å². The number of furan rings is 1. The Bertz CT molecular complexity index is 482. The summed E-state index contributed by atoms with van der Waals surface area (Å²) in [5.74, 6) is 2.33.